The molecule has 1 N–H and O–H groups in total. The van der Waals surface area contributed by atoms with Crippen molar-refractivity contribution in [2.45, 2.75) is 44.6 Å². The Morgan fingerprint density at radius 3 is 2.60 bits per heavy atom. The standard InChI is InChI=1S/C13H24N4O2S/c1-5-8-17(12-6-7-14-9-12)20(18,19)13-10(2)15-16(4)11(13)3/h12,14H,5-9H2,1-4H3/t12-/m0/s1. The molecule has 114 valence electrons. The van der Waals surface area contributed by atoms with Gasteiger partial charge in [0, 0.05) is 26.2 Å². The molecule has 2 rings (SSSR count). The van der Waals surface area contributed by atoms with Crippen LogP contribution in [-0.2, 0) is 17.1 Å². The van der Waals surface area contributed by atoms with Crippen molar-refractivity contribution in [3.05, 3.63) is 11.4 Å². The van der Waals surface area contributed by atoms with Gasteiger partial charge in [-0.3, -0.25) is 4.68 Å². The lowest BCUT2D eigenvalue weighted by Gasteiger charge is -2.27. The van der Waals surface area contributed by atoms with Gasteiger partial charge in [0.1, 0.15) is 4.90 Å². The molecule has 0 amide bonds. The zero-order valence-corrected chi connectivity index (χ0v) is 13.5. The second-order valence-corrected chi connectivity index (χ2v) is 7.21. The van der Waals surface area contributed by atoms with Gasteiger partial charge in [-0.15, -0.1) is 0 Å². The van der Waals surface area contributed by atoms with Gasteiger partial charge in [0.25, 0.3) is 0 Å². The fourth-order valence-electron chi connectivity index (χ4n) is 2.85. The van der Waals surface area contributed by atoms with Gasteiger partial charge in [0.15, 0.2) is 0 Å². The fraction of sp³-hybridized carbons (Fsp3) is 0.769. The van der Waals surface area contributed by atoms with E-state index in [0.717, 1.165) is 25.9 Å². The van der Waals surface area contributed by atoms with Crippen LogP contribution >= 0.6 is 0 Å². The maximum absolute atomic E-state index is 13.0. The topological polar surface area (TPSA) is 67.2 Å². The number of aromatic nitrogens is 2. The zero-order chi connectivity index (χ0) is 14.9. The van der Waals surface area contributed by atoms with Crippen LogP contribution in [0.4, 0.5) is 0 Å². The monoisotopic (exact) mass is 300 g/mol. The largest absolute Gasteiger partial charge is 0.315 e. The summed E-state index contributed by atoms with van der Waals surface area (Å²) >= 11 is 0. The maximum atomic E-state index is 13.0. The van der Waals surface area contributed by atoms with Crippen molar-refractivity contribution in [2.24, 2.45) is 7.05 Å². The van der Waals surface area contributed by atoms with Crippen molar-refractivity contribution in [1.29, 1.82) is 0 Å². The van der Waals surface area contributed by atoms with Crippen molar-refractivity contribution in [3.8, 4) is 0 Å². The molecule has 0 aromatic carbocycles. The quantitative estimate of drug-likeness (QED) is 0.873. The van der Waals surface area contributed by atoms with Gasteiger partial charge in [-0.05, 0) is 33.2 Å². The van der Waals surface area contributed by atoms with Crippen molar-refractivity contribution in [2.75, 3.05) is 19.6 Å². The number of nitrogens with one attached hydrogen (secondary N) is 1. The van der Waals surface area contributed by atoms with E-state index in [2.05, 4.69) is 10.4 Å². The van der Waals surface area contributed by atoms with Crippen molar-refractivity contribution in [3.63, 3.8) is 0 Å². The molecule has 1 aliphatic rings. The molecule has 1 saturated heterocycles. The fourth-order valence-corrected chi connectivity index (χ4v) is 5.00. The van der Waals surface area contributed by atoms with Gasteiger partial charge in [0.05, 0.1) is 11.4 Å². The lowest BCUT2D eigenvalue weighted by atomic mass is 10.2. The van der Waals surface area contributed by atoms with Crippen LogP contribution in [0, 0.1) is 13.8 Å². The maximum Gasteiger partial charge on any atom is 0.247 e. The number of sulfonamides is 1. The third-order valence-corrected chi connectivity index (χ3v) is 6.10. The molecule has 20 heavy (non-hydrogen) atoms. The molecule has 1 aliphatic heterocycles. The van der Waals surface area contributed by atoms with E-state index in [1.807, 2.05) is 13.8 Å². The van der Waals surface area contributed by atoms with Crippen LogP contribution in [0.15, 0.2) is 4.90 Å². The number of hydrogen-bond donors (Lipinski definition) is 1. The van der Waals surface area contributed by atoms with Crippen LogP contribution in [0.25, 0.3) is 0 Å². The summed E-state index contributed by atoms with van der Waals surface area (Å²) in [5.74, 6) is 0. The Kier molecular flexibility index (Phi) is 4.51. The minimum Gasteiger partial charge on any atom is -0.315 e. The Hall–Kier alpha value is -0.920. The van der Waals surface area contributed by atoms with E-state index in [-0.39, 0.29) is 6.04 Å². The molecule has 1 aromatic heterocycles. The Morgan fingerprint density at radius 1 is 1.45 bits per heavy atom. The average Bonchev–Trinajstić information content (AvgIpc) is 2.96. The van der Waals surface area contributed by atoms with Gasteiger partial charge in [-0.2, -0.15) is 9.40 Å². The summed E-state index contributed by atoms with van der Waals surface area (Å²) in [6, 6.07) is 0.0546. The lowest BCUT2D eigenvalue weighted by Crippen LogP contribution is -2.42. The summed E-state index contributed by atoms with van der Waals surface area (Å²) in [5, 5.41) is 7.48. The number of hydrogen-bond acceptors (Lipinski definition) is 4. The summed E-state index contributed by atoms with van der Waals surface area (Å²) in [6.07, 6.45) is 1.69. The first kappa shape index (κ1) is 15.5. The Labute approximate surface area is 121 Å². The third kappa shape index (κ3) is 2.62. The van der Waals surface area contributed by atoms with E-state index in [1.165, 1.54) is 0 Å². The number of nitrogens with zero attached hydrogens (tertiary/aromatic N) is 3. The number of aryl methyl sites for hydroxylation is 2. The Morgan fingerprint density at radius 2 is 2.15 bits per heavy atom. The van der Waals surface area contributed by atoms with Gasteiger partial charge < -0.3 is 5.32 Å². The molecule has 7 heteroatoms. The third-order valence-electron chi connectivity index (χ3n) is 3.89. The van der Waals surface area contributed by atoms with Gasteiger partial charge in [0.2, 0.25) is 10.0 Å². The highest BCUT2D eigenvalue weighted by atomic mass is 32.2. The van der Waals surface area contributed by atoms with Crippen LogP contribution in [0.1, 0.15) is 31.2 Å². The molecule has 0 unspecified atom stereocenters. The predicted molar refractivity (Wildman–Crippen MR) is 78.1 cm³/mol. The van der Waals surface area contributed by atoms with E-state index in [9.17, 15) is 8.42 Å². The molecule has 2 heterocycles. The van der Waals surface area contributed by atoms with E-state index >= 15 is 0 Å². The summed E-state index contributed by atoms with van der Waals surface area (Å²) in [5.41, 5.74) is 1.28. The van der Waals surface area contributed by atoms with Crippen LogP contribution in [0.2, 0.25) is 0 Å². The summed E-state index contributed by atoms with van der Waals surface area (Å²) in [7, 11) is -1.70. The Bertz CT molecular complexity index is 573. The molecule has 1 fully saturated rings. The van der Waals surface area contributed by atoms with Gasteiger partial charge in [-0.25, -0.2) is 8.42 Å². The summed E-state index contributed by atoms with van der Waals surface area (Å²) in [6.45, 7) is 7.75. The molecule has 1 aromatic rings. The number of rotatable bonds is 5. The molecular formula is C13H24N4O2S. The first-order valence-electron chi connectivity index (χ1n) is 7.12. The molecule has 0 aliphatic carbocycles. The molecule has 0 saturated carbocycles. The normalized spacial score (nSPS) is 19.9. The summed E-state index contributed by atoms with van der Waals surface area (Å²) in [4.78, 5) is 0.375. The molecule has 1 atom stereocenters. The smallest absolute Gasteiger partial charge is 0.247 e. The molecular weight excluding hydrogens is 276 g/mol. The molecule has 0 radical (unpaired) electrons. The van der Waals surface area contributed by atoms with Crippen LogP contribution in [0.3, 0.4) is 0 Å². The zero-order valence-electron chi connectivity index (χ0n) is 12.7. The Balaban J connectivity index is 2.44. The van der Waals surface area contributed by atoms with E-state index in [1.54, 1.807) is 23.0 Å². The van der Waals surface area contributed by atoms with E-state index in [4.69, 9.17) is 0 Å². The molecule has 0 bridgehead atoms. The highest BCUT2D eigenvalue weighted by Gasteiger charge is 2.35. The van der Waals surface area contributed by atoms with E-state index < -0.39 is 10.0 Å². The lowest BCUT2D eigenvalue weighted by molar-refractivity contribution is 0.334. The van der Waals surface area contributed by atoms with Crippen LogP contribution < -0.4 is 5.32 Å². The second kappa shape index (κ2) is 5.83. The van der Waals surface area contributed by atoms with Crippen LogP contribution in [-0.4, -0.2) is 48.2 Å². The summed E-state index contributed by atoms with van der Waals surface area (Å²) < 4.78 is 29.3. The minimum absolute atomic E-state index is 0.0546. The van der Waals surface area contributed by atoms with E-state index in [0.29, 0.717) is 22.8 Å². The predicted octanol–water partition coefficient (Wildman–Crippen LogP) is 0.800. The average molecular weight is 300 g/mol. The highest BCUT2D eigenvalue weighted by molar-refractivity contribution is 7.89. The van der Waals surface area contributed by atoms with Gasteiger partial charge in [-0.1, -0.05) is 6.92 Å². The van der Waals surface area contributed by atoms with Crippen molar-refractivity contribution >= 4 is 10.0 Å². The molecule has 6 nitrogen and oxygen atoms in total. The first-order valence-corrected chi connectivity index (χ1v) is 8.56. The second-order valence-electron chi connectivity index (χ2n) is 5.39. The first-order chi connectivity index (χ1) is 9.39. The van der Waals surface area contributed by atoms with Gasteiger partial charge >= 0.3 is 0 Å². The highest BCUT2D eigenvalue weighted by Crippen LogP contribution is 2.26. The van der Waals surface area contributed by atoms with Crippen LogP contribution in [0.5, 0.6) is 0 Å². The van der Waals surface area contributed by atoms with Crippen molar-refractivity contribution in [1.82, 2.24) is 19.4 Å². The minimum atomic E-state index is -3.48. The molecule has 0 spiro atoms. The SMILES string of the molecule is CCCN([C@H]1CCNC1)S(=O)(=O)c1c(C)nn(C)c1C. The van der Waals surface area contributed by atoms with Crippen molar-refractivity contribution < 1.29 is 8.42 Å².